The highest BCUT2D eigenvalue weighted by Gasteiger charge is 2.41. The normalized spacial score (nSPS) is 20.9. The van der Waals surface area contributed by atoms with Gasteiger partial charge in [-0.15, -0.1) is 11.6 Å². The van der Waals surface area contributed by atoms with Gasteiger partial charge in [0.15, 0.2) is 0 Å². The lowest BCUT2D eigenvalue weighted by Crippen LogP contribution is -2.32. The van der Waals surface area contributed by atoms with Crippen molar-refractivity contribution in [3.63, 3.8) is 0 Å². The summed E-state index contributed by atoms with van der Waals surface area (Å²) < 4.78 is 39.8. The van der Waals surface area contributed by atoms with Gasteiger partial charge in [0.05, 0.1) is 30.4 Å². The van der Waals surface area contributed by atoms with Crippen LogP contribution in [-0.4, -0.2) is 44.9 Å². The fourth-order valence-corrected chi connectivity index (χ4v) is 4.38. The van der Waals surface area contributed by atoms with Gasteiger partial charge in [0.25, 0.3) is 10.1 Å². The van der Waals surface area contributed by atoms with Gasteiger partial charge in [-0.3, -0.25) is 4.18 Å². The highest BCUT2D eigenvalue weighted by atomic mass is 35.5. The molecule has 0 radical (unpaired) electrons. The van der Waals surface area contributed by atoms with E-state index in [4.69, 9.17) is 25.3 Å². The van der Waals surface area contributed by atoms with E-state index < -0.39 is 39.3 Å². The van der Waals surface area contributed by atoms with Crippen molar-refractivity contribution in [2.45, 2.75) is 18.9 Å². The van der Waals surface area contributed by atoms with Crippen LogP contribution in [0.2, 0.25) is 0 Å². The highest BCUT2D eigenvalue weighted by Crippen LogP contribution is 2.36. The van der Waals surface area contributed by atoms with E-state index in [9.17, 15) is 18.0 Å². The summed E-state index contributed by atoms with van der Waals surface area (Å²) >= 11 is 5.47. The third-order valence-corrected chi connectivity index (χ3v) is 6.77. The van der Waals surface area contributed by atoms with Crippen LogP contribution in [-0.2, 0) is 23.8 Å². The van der Waals surface area contributed by atoms with Crippen molar-refractivity contribution in [1.82, 2.24) is 0 Å². The first-order valence-electron chi connectivity index (χ1n) is 9.81. The average Bonchev–Trinajstić information content (AvgIpc) is 3.17. The molecule has 1 aliphatic carbocycles. The molecule has 0 bridgehead atoms. The lowest BCUT2D eigenvalue weighted by molar-refractivity contribution is 0.0138. The first-order valence-corrected chi connectivity index (χ1v) is 11.9. The van der Waals surface area contributed by atoms with Gasteiger partial charge in [-0.2, -0.15) is 8.42 Å². The Morgan fingerprint density at radius 1 is 0.839 bits per heavy atom. The van der Waals surface area contributed by atoms with Gasteiger partial charge in [-0.1, -0.05) is 36.4 Å². The Kier molecular flexibility index (Phi) is 8.06. The number of halogens is 1. The van der Waals surface area contributed by atoms with E-state index in [1.807, 2.05) is 0 Å². The summed E-state index contributed by atoms with van der Waals surface area (Å²) in [6, 6.07) is 17.0. The fraction of sp³-hybridized carbons (Fsp3) is 0.364. The number of alkyl halides is 1. The molecule has 7 nitrogen and oxygen atoms in total. The van der Waals surface area contributed by atoms with E-state index in [-0.39, 0.29) is 19.1 Å². The fourth-order valence-electron chi connectivity index (χ4n) is 3.56. The van der Waals surface area contributed by atoms with Crippen LogP contribution in [0, 0.1) is 11.8 Å². The molecule has 0 saturated heterocycles. The van der Waals surface area contributed by atoms with Crippen LogP contribution in [0.15, 0.2) is 60.7 Å². The molecule has 3 atom stereocenters. The van der Waals surface area contributed by atoms with Crippen LogP contribution < -0.4 is 0 Å². The number of ether oxygens (including phenoxy) is 2. The first kappa shape index (κ1) is 23.2. The standard InChI is InChI=1S/C22H23ClO7S/c23-15-31(26,27)30-20-12-11-18(13-28-21(24)16-7-3-1-4-8-16)19(20)14-29-22(25)17-9-5-2-6-10-17/h1-10,18-20H,11-15H2. The van der Waals surface area contributed by atoms with Gasteiger partial charge in [0.2, 0.25) is 0 Å². The van der Waals surface area contributed by atoms with Crippen molar-refractivity contribution >= 4 is 33.7 Å². The Labute approximate surface area is 186 Å². The first-order chi connectivity index (χ1) is 14.9. The zero-order chi connectivity index (χ0) is 22.3. The SMILES string of the molecule is O=C(OCC1CCC(OS(=O)(=O)CCl)C1COC(=O)c1ccccc1)c1ccccc1. The van der Waals surface area contributed by atoms with Crippen molar-refractivity contribution < 1.29 is 31.7 Å². The summed E-state index contributed by atoms with van der Waals surface area (Å²) in [4.78, 5) is 24.6. The number of carbonyl (C=O) groups is 2. The van der Waals surface area contributed by atoms with Gasteiger partial charge in [-0.05, 0) is 37.1 Å². The van der Waals surface area contributed by atoms with Crippen LogP contribution in [0.4, 0.5) is 0 Å². The molecule has 0 aromatic heterocycles. The minimum absolute atomic E-state index is 0.0576. The summed E-state index contributed by atoms with van der Waals surface area (Å²) in [6.07, 6.45) is 0.253. The van der Waals surface area contributed by atoms with Gasteiger partial charge >= 0.3 is 11.9 Å². The second kappa shape index (κ2) is 10.7. The third-order valence-electron chi connectivity index (χ3n) is 5.16. The maximum Gasteiger partial charge on any atom is 0.338 e. The largest absolute Gasteiger partial charge is 0.462 e. The van der Waals surface area contributed by atoms with Gasteiger partial charge in [0.1, 0.15) is 5.21 Å². The highest BCUT2D eigenvalue weighted by molar-refractivity contribution is 7.87. The van der Waals surface area contributed by atoms with Crippen molar-refractivity contribution in [2.75, 3.05) is 18.4 Å². The topological polar surface area (TPSA) is 96.0 Å². The van der Waals surface area contributed by atoms with E-state index in [0.717, 1.165) is 0 Å². The maximum atomic E-state index is 12.3. The molecule has 31 heavy (non-hydrogen) atoms. The van der Waals surface area contributed by atoms with E-state index in [0.29, 0.717) is 24.0 Å². The zero-order valence-electron chi connectivity index (χ0n) is 16.7. The van der Waals surface area contributed by atoms with Crippen molar-refractivity contribution in [3.8, 4) is 0 Å². The average molecular weight is 467 g/mol. The summed E-state index contributed by atoms with van der Waals surface area (Å²) in [6.45, 7) is -0.00812. The van der Waals surface area contributed by atoms with Crippen molar-refractivity contribution in [2.24, 2.45) is 11.8 Å². The van der Waals surface area contributed by atoms with E-state index in [1.165, 1.54) is 0 Å². The molecule has 1 saturated carbocycles. The van der Waals surface area contributed by atoms with E-state index >= 15 is 0 Å². The number of carbonyl (C=O) groups excluding carboxylic acids is 2. The molecule has 1 aliphatic rings. The molecule has 0 N–H and O–H groups in total. The van der Waals surface area contributed by atoms with Crippen LogP contribution in [0.5, 0.6) is 0 Å². The second-order valence-electron chi connectivity index (χ2n) is 7.23. The molecule has 0 heterocycles. The van der Waals surface area contributed by atoms with Crippen LogP contribution in [0.1, 0.15) is 33.6 Å². The third kappa shape index (κ3) is 6.53. The monoisotopic (exact) mass is 466 g/mol. The molecule has 1 fully saturated rings. The number of hydrogen-bond acceptors (Lipinski definition) is 7. The number of benzene rings is 2. The smallest absolute Gasteiger partial charge is 0.338 e. The number of hydrogen-bond donors (Lipinski definition) is 0. The summed E-state index contributed by atoms with van der Waals surface area (Å²) in [5.41, 5.74) is 0.809. The van der Waals surface area contributed by atoms with Crippen LogP contribution >= 0.6 is 11.6 Å². The Hall–Kier alpha value is -2.42. The van der Waals surface area contributed by atoms with E-state index in [2.05, 4.69) is 0 Å². The minimum atomic E-state index is -3.91. The molecule has 2 aromatic carbocycles. The zero-order valence-corrected chi connectivity index (χ0v) is 18.3. The number of esters is 2. The lowest BCUT2D eigenvalue weighted by atomic mass is 9.96. The quantitative estimate of drug-likeness (QED) is 0.316. The molecule has 9 heteroatoms. The molecule has 3 unspecified atom stereocenters. The van der Waals surface area contributed by atoms with Gasteiger partial charge < -0.3 is 9.47 Å². The van der Waals surface area contributed by atoms with Crippen molar-refractivity contribution in [3.05, 3.63) is 71.8 Å². The maximum absolute atomic E-state index is 12.3. The molecule has 166 valence electrons. The lowest BCUT2D eigenvalue weighted by Gasteiger charge is -2.24. The van der Waals surface area contributed by atoms with Crippen LogP contribution in [0.3, 0.4) is 0 Å². The molecule has 2 aromatic rings. The summed E-state index contributed by atoms with van der Waals surface area (Å²) in [7, 11) is -3.91. The Morgan fingerprint density at radius 2 is 1.35 bits per heavy atom. The Bertz CT molecular complexity index is 979. The summed E-state index contributed by atoms with van der Waals surface area (Å²) in [5, 5.41) is -0.673. The molecule has 0 spiro atoms. The predicted octanol–water partition coefficient (Wildman–Crippen LogP) is 3.64. The minimum Gasteiger partial charge on any atom is -0.462 e. The molecular weight excluding hydrogens is 444 g/mol. The molecule has 0 amide bonds. The predicted molar refractivity (Wildman–Crippen MR) is 114 cm³/mol. The summed E-state index contributed by atoms with van der Waals surface area (Å²) in [5.74, 6) is -1.69. The number of rotatable bonds is 9. The van der Waals surface area contributed by atoms with E-state index in [1.54, 1.807) is 60.7 Å². The van der Waals surface area contributed by atoms with Crippen LogP contribution in [0.25, 0.3) is 0 Å². The Morgan fingerprint density at radius 3 is 1.87 bits per heavy atom. The Balaban J connectivity index is 1.66. The second-order valence-corrected chi connectivity index (χ2v) is 9.41. The van der Waals surface area contributed by atoms with Gasteiger partial charge in [-0.25, -0.2) is 9.59 Å². The van der Waals surface area contributed by atoms with Gasteiger partial charge in [0, 0.05) is 11.8 Å². The molecular formula is C22H23ClO7S. The molecule has 0 aliphatic heterocycles. The van der Waals surface area contributed by atoms with Crippen molar-refractivity contribution in [1.29, 1.82) is 0 Å². The molecule has 3 rings (SSSR count).